The fourth-order valence-corrected chi connectivity index (χ4v) is 2.08. The molecule has 5 heteroatoms. The molecule has 0 saturated heterocycles. The van der Waals surface area contributed by atoms with Crippen molar-refractivity contribution >= 4 is 23.2 Å². The van der Waals surface area contributed by atoms with Gasteiger partial charge in [-0.25, -0.2) is 4.90 Å². The van der Waals surface area contributed by atoms with Crippen molar-refractivity contribution < 1.29 is 9.59 Å². The van der Waals surface area contributed by atoms with Gasteiger partial charge in [-0.15, -0.1) is 0 Å². The number of amides is 2. The average Bonchev–Trinajstić information content (AvgIpc) is 2.72. The topological polar surface area (TPSA) is 62.3 Å². The van der Waals surface area contributed by atoms with Crippen molar-refractivity contribution in [2.24, 2.45) is 0 Å². The van der Waals surface area contributed by atoms with Gasteiger partial charge in [0.05, 0.1) is 11.3 Å². The summed E-state index contributed by atoms with van der Waals surface area (Å²) >= 11 is 0. The molecular formula is C14H11N3O2. The van der Waals surface area contributed by atoms with Gasteiger partial charge in [0.25, 0.3) is 11.8 Å². The lowest BCUT2D eigenvalue weighted by molar-refractivity contribution is 0.0924. The van der Waals surface area contributed by atoms with Gasteiger partial charge in [0.15, 0.2) is 0 Å². The number of pyridine rings is 1. The summed E-state index contributed by atoms with van der Waals surface area (Å²) in [5.74, 6) is -0.705. The number of nitrogens with one attached hydrogen (secondary N) is 1. The molecule has 94 valence electrons. The number of aromatic nitrogens is 1. The molecule has 0 radical (unpaired) electrons. The molecule has 1 aliphatic heterocycles. The van der Waals surface area contributed by atoms with Crippen LogP contribution in [0, 0.1) is 0 Å². The largest absolute Gasteiger partial charge is 0.388 e. The third-order valence-electron chi connectivity index (χ3n) is 3.06. The van der Waals surface area contributed by atoms with Crippen LogP contribution in [0.15, 0.2) is 42.6 Å². The molecule has 0 saturated carbocycles. The molecular weight excluding hydrogens is 242 g/mol. The maximum Gasteiger partial charge on any atom is 0.284 e. The van der Waals surface area contributed by atoms with Crippen LogP contribution in [0.3, 0.4) is 0 Å². The smallest absolute Gasteiger partial charge is 0.284 e. The molecule has 2 aromatic rings. The summed E-state index contributed by atoms with van der Waals surface area (Å²) in [6.45, 7) is 0. The summed E-state index contributed by atoms with van der Waals surface area (Å²) in [4.78, 5) is 29.5. The Kier molecular flexibility index (Phi) is 2.52. The van der Waals surface area contributed by atoms with Crippen LogP contribution < -0.4 is 10.2 Å². The molecule has 1 aromatic carbocycles. The van der Waals surface area contributed by atoms with E-state index in [9.17, 15) is 9.59 Å². The van der Waals surface area contributed by atoms with E-state index < -0.39 is 0 Å². The number of carbonyl (C=O) groups is 2. The number of hydrogen-bond donors (Lipinski definition) is 1. The van der Waals surface area contributed by atoms with Crippen molar-refractivity contribution in [2.45, 2.75) is 0 Å². The van der Waals surface area contributed by atoms with E-state index in [-0.39, 0.29) is 17.5 Å². The van der Waals surface area contributed by atoms with Crippen molar-refractivity contribution in [3.63, 3.8) is 0 Å². The molecule has 0 bridgehead atoms. The average molecular weight is 253 g/mol. The Labute approximate surface area is 109 Å². The lowest BCUT2D eigenvalue weighted by Gasteiger charge is -2.13. The Hall–Kier alpha value is -2.69. The predicted octanol–water partition coefficient (Wildman–Crippen LogP) is 1.92. The molecule has 0 spiro atoms. The first-order valence-corrected chi connectivity index (χ1v) is 5.84. The van der Waals surface area contributed by atoms with E-state index in [0.29, 0.717) is 11.3 Å². The van der Waals surface area contributed by atoms with E-state index in [1.54, 1.807) is 31.3 Å². The van der Waals surface area contributed by atoms with Gasteiger partial charge in [-0.3, -0.25) is 14.6 Å². The zero-order valence-corrected chi connectivity index (χ0v) is 10.3. The molecule has 0 aliphatic carbocycles. The van der Waals surface area contributed by atoms with Crippen molar-refractivity contribution in [1.82, 2.24) is 4.98 Å². The molecule has 2 heterocycles. The molecule has 0 unspecified atom stereocenters. The van der Waals surface area contributed by atoms with Crippen LogP contribution in [0.25, 0.3) is 0 Å². The van der Waals surface area contributed by atoms with Crippen molar-refractivity contribution in [3.05, 3.63) is 53.9 Å². The van der Waals surface area contributed by atoms with Gasteiger partial charge < -0.3 is 5.32 Å². The minimum absolute atomic E-state index is 0.213. The second kappa shape index (κ2) is 4.20. The molecule has 0 atom stereocenters. The molecule has 0 fully saturated rings. The summed E-state index contributed by atoms with van der Waals surface area (Å²) < 4.78 is 0. The van der Waals surface area contributed by atoms with E-state index >= 15 is 0 Å². The molecule has 1 aromatic heterocycles. The summed E-state index contributed by atoms with van der Waals surface area (Å²) in [5.41, 5.74) is 2.03. The quantitative estimate of drug-likeness (QED) is 0.831. The maximum atomic E-state index is 12.2. The Bertz CT molecular complexity index is 630. The van der Waals surface area contributed by atoms with Crippen LogP contribution in [-0.2, 0) is 0 Å². The van der Waals surface area contributed by atoms with Crippen LogP contribution in [0.5, 0.6) is 0 Å². The molecule has 3 rings (SSSR count). The number of nitrogens with zero attached hydrogens (tertiary/aromatic N) is 2. The minimum atomic E-state index is -0.377. The van der Waals surface area contributed by atoms with Gasteiger partial charge in [-0.1, -0.05) is 0 Å². The normalized spacial score (nSPS) is 13.6. The third kappa shape index (κ3) is 1.67. The highest BCUT2D eigenvalue weighted by atomic mass is 16.2. The first-order valence-electron chi connectivity index (χ1n) is 5.84. The molecule has 19 heavy (non-hydrogen) atoms. The fraction of sp³-hybridized carbons (Fsp3) is 0.0714. The van der Waals surface area contributed by atoms with Crippen LogP contribution in [-0.4, -0.2) is 23.8 Å². The second-order valence-electron chi connectivity index (χ2n) is 4.14. The fourth-order valence-electron chi connectivity index (χ4n) is 2.08. The van der Waals surface area contributed by atoms with Crippen LogP contribution in [0.4, 0.5) is 11.4 Å². The zero-order valence-electron chi connectivity index (χ0n) is 10.3. The molecule has 1 aliphatic rings. The lowest BCUT2D eigenvalue weighted by Crippen LogP contribution is -2.29. The summed E-state index contributed by atoms with van der Waals surface area (Å²) in [6, 6.07) is 10.3. The lowest BCUT2D eigenvalue weighted by atomic mass is 10.2. The Morgan fingerprint density at radius 1 is 1.05 bits per heavy atom. The summed E-state index contributed by atoms with van der Waals surface area (Å²) in [6.07, 6.45) is 1.51. The Morgan fingerprint density at radius 3 is 2.42 bits per heavy atom. The standard InChI is InChI=1S/C14H11N3O2/c1-15-9-4-6-10(7-5-9)17-13(18)11-3-2-8-16-12(11)14(17)19/h2-8,15H,1H3. The second-order valence-corrected chi connectivity index (χ2v) is 4.14. The monoisotopic (exact) mass is 253 g/mol. The van der Waals surface area contributed by atoms with E-state index in [1.165, 1.54) is 6.20 Å². The van der Waals surface area contributed by atoms with Crippen molar-refractivity contribution in [3.8, 4) is 0 Å². The van der Waals surface area contributed by atoms with Crippen LogP contribution in [0.1, 0.15) is 20.8 Å². The van der Waals surface area contributed by atoms with Gasteiger partial charge in [0, 0.05) is 18.9 Å². The van der Waals surface area contributed by atoms with Gasteiger partial charge in [-0.2, -0.15) is 0 Å². The number of fused-ring (bicyclic) bond motifs is 1. The van der Waals surface area contributed by atoms with Crippen LogP contribution >= 0.6 is 0 Å². The highest BCUT2D eigenvalue weighted by molar-refractivity contribution is 6.33. The van der Waals surface area contributed by atoms with Crippen LogP contribution in [0.2, 0.25) is 0 Å². The summed E-state index contributed by atoms with van der Waals surface area (Å²) in [5, 5.41) is 2.98. The highest BCUT2D eigenvalue weighted by Crippen LogP contribution is 2.27. The summed E-state index contributed by atoms with van der Waals surface area (Å²) in [7, 11) is 1.81. The van der Waals surface area contributed by atoms with Crippen molar-refractivity contribution in [1.29, 1.82) is 0 Å². The molecule has 5 nitrogen and oxygen atoms in total. The third-order valence-corrected chi connectivity index (χ3v) is 3.06. The predicted molar refractivity (Wildman–Crippen MR) is 71.4 cm³/mol. The first-order chi connectivity index (χ1) is 9.22. The Morgan fingerprint density at radius 2 is 1.79 bits per heavy atom. The zero-order chi connectivity index (χ0) is 13.4. The minimum Gasteiger partial charge on any atom is -0.388 e. The maximum absolute atomic E-state index is 12.2. The number of imide groups is 1. The Balaban J connectivity index is 2.03. The number of hydrogen-bond acceptors (Lipinski definition) is 4. The number of rotatable bonds is 2. The van der Waals surface area contributed by atoms with Gasteiger partial charge >= 0.3 is 0 Å². The molecule has 2 amide bonds. The van der Waals surface area contributed by atoms with E-state index in [1.807, 2.05) is 12.1 Å². The van der Waals surface area contributed by atoms with Gasteiger partial charge in [0.2, 0.25) is 0 Å². The van der Waals surface area contributed by atoms with E-state index in [2.05, 4.69) is 10.3 Å². The molecule has 1 N–H and O–H groups in total. The number of carbonyl (C=O) groups excluding carboxylic acids is 2. The first kappa shape index (κ1) is 11.4. The van der Waals surface area contributed by atoms with E-state index in [0.717, 1.165) is 10.6 Å². The van der Waals surface area contributed by atoms with Crippen molar-refractivity contribution in [2.75, 3.05) is 17.3 Å². The highest BCUT2D eigenvalue weighted by Gasteiger charge is 2.37. The van der Waals surface area contributed by atoms with E-state index in [4.69, 9.17) is 0 Å². The number of anilines is 2. The SMILES string of the molecule is CNc1ccc(N2C(=O)c3cccnc3C2=O)cc1. The van der Waals surface area contributed by atoms with Gasteiger partial charge in [-0.05, 0) is 36.4 Å². The van der Waals surface area contributed by atoms with Gasteiger partial charge in [0.1, 0.15) is 5.69 Å². The number of benzene rings is 1.